The lowest BCUT2D eigenvalue weighted by Gasteiger charge is -2.26. The lowest BCUT2D eigenvalue weighted by Crippen LogP contribution is -2.36. The Hall–Kier alpha value is -1.07. The van der Waals surface area contributed by atoms with Crippen LogP contribution in [0.3, 0.4) is 0 Å². The number of nitrogens with zero attached hydrogens (tertiary/aromatic N) is 1. The molecule has 1 fully saturated rings. The van der Waals surface area contributed by atoms with Crippen LogP contribution in [-0.2, 0) is 4.74 Å². The van der Waals surface area contributed by atoms with Crippen LogP contribution in [0.5, 0.6) is 0 Å². The summed E-state index contributed by atoms with van der Waals surface area (Å²) >= 11 is 3.51. The summed E-state index contributed by atoms with van der Waals surface area (Å²) in [5.74, 6) is 0.650. The van der Waals surface area contributed by atoms with Gasteiger partial charge in [0, 0.05) is 23.5 Å². The molecule has 0 bridgehead atoms. The van der Waals surface area contributed by atoms with Gasteiger partial charge >= 0.3 is 6.09 Å². The molecule has 1 amide bonds. The highest BCUT2D eigenvalue weighted by Gasteiger charge is 2.34. The molecule has 0 aliphatic carbocycles. The van der Waals surface area contributed by atoms with Gasteiger partial charge in [0.1, 0.15) is 5.60 Å². The number of hydrogen-bond donors (Lipinski definition) is 1. The fraction of sp³-hybridized carbons (Fsp3) is 0.588. The topological polar surface area (TPSA) is 55.6 Å². The minimum Gasteiger partial charge on any atom is -0.444 e. The molecule has 2 rings (SSSR count). The number of ether oxygens (including phenoxy) is 1. The minimum absolute atomic E-state index is 0.222. The van der Waals surface area contributed by atoms with Crippen molar-refractivity contribution in [1.82, 2.24) is 4.90 Å². The first-order chi connectivity index (χ1) is 10.3. The molecule has 122 valence electrons. The zero-order valence-corrected chi connectivity index (χ0v) is 15.1. The van der Waals surface area contributed by atoms with E-state index in [2.05, 4.69) is 28.1 Å². The maximum Gasteiger partial charge on any atom is 0.410 e. The van der Waals surface area contributed by atoms with Crippen LogP contribution in [0.2, 0.25) is 0 Å². The largest absolute Gasteiger partial charge is 0.444 e. The molecule has 0 radical (unpaired) electrons. The average molecular weight is 369 g/mol. The number of benzene rings is 1. The maximum atomic E-state index is 12.2. The van der Waals surface area contributed by atoms with Crippen molar-refractivity contribution in [2.24, 2.45) is 11.7 Å². The molecule has 1 saturated heterocycles. The molecule has 5 heteroatoms. The van der Waals surface area contributed by atoms with E-state index in [-0.39, 0.29) is 12.0 Å². The van der Waals surface area contributed by atoms with Crippen LogP contribution in [0, 0.1) is 5.92 Å². The maximum absolute atomic E-state index is 12.2. The Morgan fingerprint density at radius 1 is 1.50 bits per heavy atom. The Morgan fingerprint density at radius 3 is 2.82 bits per heavy atom. The van der Waals surface area contributed by atoms with Gasteiger partial charge in [0.2, 0.25) is 0 Å². The number of carbonyl (C=O) groups excluding carboxylic acids is 1. The van der Waals surface area contributed by atoms with Gasteiger partial charge in [-0.3, -0.25) is 0 Å². The minimum atomic E-state index is -0.452. The molecule has 22 heavy (non-hydrogen) atoms. The predicted octanol–water partition coefficient (Wildman–Crippen LogP) is 3.75. The van der Waals surface area contributed by atoms with E-state index < -0.39 is 5.60 Å². The van der Waals surface area contributed by atoms with E-state index in [0.717, 1.165) is 17.4 Å². The van der Waals surface area contributed by atoms with E-state index in [1.54, 1.807) is 4.90 Å². The molecule has 1 aromatic rings. The van der Waals surface area contributed by atoms with Gasteiger partial charge < -0.3 is 15.4 Å². The number of nitrogens with two attached hydrogens (primary N) is 1. The van der Waals surface area contributed by atoms with Crippen molar-refractivity contribution in [3.05, 3.63) is 34.3 Å². The third-order valence-corrected chi connectivity index (χ3v) is 4.47. The Bertz CT molecular complexity index is 528. The fourth-order valence-corrected chi connectivity index (χ4v) is 3.36. The normalized spacial score (nSPS) is 20.0. The summed E-state index contributed by atoms with van der Waals surface area (Å²) in [4.78, 5) is 14.0. The molecule has 2 atom stereocenters. The van der Waals surface area contributed by atoms with Crippen LogP contribution in [0.4, 0.5) is 4.79 Å². The molecule has 2 N–H and O–H groups in total. The number of halogens is 1. The highest BCUT2D eigenvalue weighted by molar-refractivity contribution is 9.10. The zero-order chi connectivity index (χ0) is 16.3. The zero-order valence-electron chi connectivity index (χ0n) is 13.5. The van der Waals surface area contributed by atoms with Gasteiger partial charge in [-0.2, -0.15) is 0 Å². The van der Waals surface area contributed by atoms with Crippen molar-refractivity contribution in [2.45, 2.75) is 38.7 Å². The van der Waals surface area contributed by atoms with Crippen LogP contribution < -0.4 is 5.73 Å². The number of hydrogen-bond acceptors (Lipinski definition) is 3. The fourth-order valence-electron chi connectivity index (χ4n) is 2.95. The highest BCUT2D eigenvalue weighted by Crippen LogP contribution is 2.33. The molecule has 1 aromatic carbocycles. The molecule has 4 nitrogen and oxygen atoms in total. The Balaban J connectivity index is 2.03. The number of carbonyl (C=O) groups is 1. The van der Waals surface area contributed by atoms with Gasteiger partial charge in [-0.05, 0) is 57.4 Å². The van der Waals surface area contributed by atoms with Crippen LogP contribution in [0.1, 0.15) is 38.7 Å². The second-order valence-electron chi connectivity index (χ2n) is 6.87. The summed E-state index contributed by atoms with van der Waals surface area (Å²) in [6.45, 7) is 7.71. The molecule has 1 heterocycles. The molecule has 0 saturated carbocycles. The van der Waals surface area contributed by atoms with Gasteiger partial charge in [-0.25, -0.2) is 4.79 Å². The van der Waals surface area contributed by atoms with Gasteiger partial charge in [0.15, 0.2) is 0 Å². The smallest absolute Gasteiger partial charge is 0.410 e. The van der Waals surface area contributed by atoms with Crippen molar-refractivity contribution < 1.29 is 9.53 Å². The van der Waals surface area contributed by atoms with Crippen molar-refractivity contribution in [2.75, 3.05) is 19.6 Å². The standard InChI is InChI=1S/C17H25BrN2O2/c1-17(2,3)22-16(21)20-8-7-13(11-20)15(10-19)12-5-4-6-14(18)9-12/h4-6,9,13,15H,7-8,10-11,19H2,1-3H3. The lowest BCUT2D eigenvalue weighted by molar-refractivity contribution is 0.0286. The first-order valence-corrected chi connectivity index (χ1v) is 8.53. The van der Waals surface area contributed by atoms with E-state index in [0.29, 0.717) is 19.0 Å². The second kappa shape index (κ2) is 7.01. The summed E-state index contributed by atoms with van der Waals surface area (Å²) in [7, 11) is 0. The van der Waals surface area contributed by atoms with Gasteiger partial charge in [0.05, 0.1) is 0 Å². The van der Waals surface area contributed by atoms with Crippen molar-refractivity contribution in [3.8, 4) is 0 Å². The molecule has 1 aliphatic heterocycles. The van der Waals surface area contributed by atoms with Crippen LogP contribution in [-0.4, -0.2) is 36.2 Å². The van der Waals surface area contributed by atoms with E-state index in [9.17, 15) is 4.79 Å². The van der Waals surface area contributed by atoms with Gasteiger partial charge in [0.25, 0.3) is 0 Å². The number of likely N-dealkylation sites (tertiary alicyclic amines) is 1. The molecule has 1 aliphatic rings. The molecule has 0 spiro atoms. The molecule has 0 aromatic heterocycles. The second-order valence-corrected chi connectivity index (χ2v) is 7.79. The summed E-state index contributed by atoms with van der Waals surface area (Å²) in [6.07, 6.45) is 0.744. The quantitative estimate of drug-likeness (QED) is 0.883. The van der Waals surface area contributed by atoms with Gasteiger partial charge in [-0.1, -0.05) is 28.1 Å². The Morgan fingerprint density at radius 2 is 2.23 bits per heavy atom. The van der Waals surface area contributed by atoms with E-state index in [4.69, 9.17) is 10.5 Å². The summed E-state index contributed by atoms with van der Waals surface area (Å²) in [5.41, 5.74) is 6.79. The first kappa shape index (κ1) is 17.3. The van der Waals surface area contributed by atoms with Crippen LogP contribution in [0.15, 0.2) is 28.7 Å². The van der Waals surface area contributed by atoms with Crippen LogP contribution >= 0.6 is 15.9 Å². The molecular weight excluding hydrogens is 344 g/mol. The first-order valence-electron chi connectivity index (χ1n) is 7.73. The SMILES string of the molecule is CC(C)(C)OC(=O)N1CCC(C(CN)c2cccc(Br)c2)C1. The molecular formula is C17H25BrN2O2. The monoisotopic (exact) mass is 368 g/mol. The third-order valence-electron chi connectivity index (χ3n) is 3.98. The summed E-state index contributed by atoms with van der Waals surface area (Å²) in [5, 5.41) is 0. The van der Waals surface area contributed by atoms with E-state index in [1.165, 1.54) is 5.56 Å². The summed E-state index contributed by atoms with van der Waals surface area (Å²) in [6, 6.07) is 8.27. The molecule has 2 unspecified atom stereocenters. The van der Waals surface area contributed by atoms with Crippen molar-refractivity contribution >= 4 is 22.0 Å². The Kier molecular flexibility index (Phi) is 5.50. The van der Waals surface area contributed by atoms with Gasteiger partial charge in [-0.15, -0.1) is 0 Å². The van der Waals surface area contributed by atoms with Crippen molar-refractivity contribution in [3.63, 3.8) is 0 Å². The predicted molar refractivity (Wildman–Crippen MR) is 91.9 cm³/mol. The Labute approximate surface area is 141 Å². The highest BCUT2D eigenvalue weighted by atomic mass is 79.9. The lowest BCUT2D eigenvalue weighted by atomic mass is 9.85. The third kappa shape index (κ3) is 4.46. The van der Waals surface area contributed by atoms with E-state index in [1.807, 2.05) is 32.9 Å². The van der Waals surface area contributed by atoms with Crippen molar-refractivity contribution in [1.29, 1.82) is 0 Å². The van der Waals surface area contributed by atoms with E-state index >= 15 is 0 Å². The van der Waals surface area contributed by atoms with Crippen LogP contribution in [0.25, 0.3) is 0 Å². The number of rotatable bonds is 3. The number of amides is 1. The summed E-state index contributed by atoms with van der Waals surface area (Å²) < 4.78 is 6.52. The average Bonchev–Trinajstić information content (AvgIpc) is 2.87.